The molecule has 0 saturated carbocycles. The number of rotatable bonds is 6. The minimum atomic E-state index is -0.610. The van der Waals surface area contributed by atoms with Gasteiger partial charge in [-0.15, -0.1) is 0 Å². The van der Waals surface area contributed by atoms with E-state index in [1.54, 1.807) is 47.4 Å². The Labute approximate surface area is 216 Å². The summed E-state index contributed by atoms with van der Waals surface area (Å²) in [6.07, 6.45) is 4.39. The zero-order chi connectivity index (χ0) is 26.6. The van der Waals surface area contributed by atoms with Crippen molar-refractivity contribution < 1.29 is 14.4 Å². The van der Waals surface area contributed by atoms with E-state index in [1.165, 1.54) is 12.4 Å². The second-order valence-electron chi connectivity index (χ2n) is 8.80. The molecule has 3 amide bonds. The predicted octanol–water partition coefficient (Wildman–Crippen LogP) is 2.29. The average Bonchev–Trinajstić information content (AvgIpc) is 3.36. The number of carbonyl (C=O) groups excluding carboxylic acids is 3. The van der Waals surface area contributed by atoms with Crippen molar-refractivity contribution in [2.45, 2.75) is 18.9 Å². The molecule has 0 unspecified atom stereocenters. The summed E-state index contributed by atoms with van der Waals surface area (Å²) in [5, 5.41) is 14.8. The Hall–Kier alpha value is -5.31. The lowest BCUT2D eigenvalue weighted by Crippen LogP contribution is -2.42. The van der Waals surface area contributed by atoms with Gasteiger partial charge in [-0.2, -0.15) is 5.26 Å². The summed E-state index contributed by atoms with van der Waals surface area (Å²) in [5.74, 6) is -0.497. The number of imidazole rings is 1. The first-order valence-electron chi connectivity index (χ1n) is 11.9. The second-order valence-corrected chi connectivity index (χ2v) is 8.80. The first-order valence-corrected chi connectivity index (χ1v) is 11.9. The molecule has 12 heteroatoms. The number of nitriles is 1. The molecule has 5 rings (SSSR count). The van der Waals surface area contributed by atoms with Crippen LogP contribution in [0.1, 0.15) is 49.5 Å². The number of primary amides is 1. The molecule has 1 fully saturated rings. The molecule has 2 aromatic carbocycles. The number of piperidine rings is 1. The van der Waals surface area contributed by atoms with Gasteiger partial charge < -0.3 is 20.9 Å². The van der Waals surface area contributed by atoms with Crippen molar-refractivity contribution in [2.24, 2.45) is 5.73 Å². The van der Waals surface area contributed by atoms with E-state index >= 15 is 0 Å². The summed E-state index contributed by atoms with van der Waals surface area (Å²) in [6, 6.07) is 13.5. The smallest absolute Gasteiger partial charge is 0.257 e. The van der Waals surface area contributed by atoms with Crippen LogP contribution in [0.25, 0.3) is 11.0 Å². The van der Waals surface area contributed by atoms with Crippen molar-refractivity contribution in [1.29, 1.82) is 5.26 Å². The van der Waals surface area contributed by atoms with Crippen molar-refractivity contribution in [3.63, 3.8) is 0 Å². The number of anilines is 2. The fourth-order valence-electron chi connectivity index (χ4n) is 4.29. The molecule has 4 aromatic rings. The molecule has 0 bridgehead atoms. The molecule has 5 N–H and O–H groups in total. The maximum atomic E-state index is 13.0. The van der Waals surface area contributed by atoms with Crippen molar-refractivity contribution in [3.8, 4) is 6.07 Å². The normalized spacial score (nSPS) is 13.6. The number of para-hydroxylation sites is 1. The van der Waals surface area contributed by atoms with E-state index < -0.39 is 11.8 Å². The highest BCUT2D eigenvalue weighted by Crippen LogP contribution is 2.20. The van der Waals surface area contributed by atoms with Crippen molar-refractivity contribution in [1.82, 2.24) is 24.8 Å². The molecule has 0 radical (unpaired) electrons. The standard InChI is InChI=1S/C26H23N9O3/c27-12-15-13-29-25(30-14-15)31-18-8-10-35(11-9-18)24(38)17-6-4-16(5-7-17)23(37)34-26-32-20-3-1-2-19(22(28)36)21(20)33-26/h1-7,13-14,18H,8-11H2,(H2,28,36)(H,29,30,31)(H2,32,33,34,37). The lowest BCUT2D eigenvalue weighted by atomic mass is 10.0. The molecule has 38 heavy (non-hydrogen) atoms. The first-order chi connectivity index (χ1) is 18.4. The monoisotopic (exact) mass is 509 g/mol. The van der Waals surface area contributed by atoms with Crippen LogP contribution in [0.3, 0.4) is 0 Å². The third-order valence-electron chi connectivity index (χ3n) is 6.30. The summed E-state index contributed by atoms with van der Waals surface area (Å²) in [6.45, 7) is 1.13. The molecule has 2 aromatic heterocycles. The van der Waals surface area contributed by atoms with Crippen LogP contribution in [0.5, 0.6) is 0 Å². The van der Waals surface area contributed by atoms with Crippen molar-refractivity contribution >= 4 is 40.7 Å². The number of benzene rings is 2. The summed E-state index contributed by atoms with van der Waals surface area (Å²) < 4.78 is 0. The molecule has 190 valence electrons. The maximum absolute atomic E-state index is 13.0. The van der Waals surface area contributed by atoms with Crippen LogP contribution in [0.15, 0.2) is 54.9 Å². The fraction of sp³-hybridized carbons (Fsp3) is 0.192. The quantitative estimate of drug-likeness (QED) is 0.305. The second kappa shape index (κ2) is 10.4. The number of likely N-dealkylation sites (tertiary alicyclic amines) is 1. The summed E-state index contributed by atoms with van der Waals surface area (Å²) in [7, 11) is 0. The summed E-state index contributed by atoms with van der Waals surface area (Å²) in [5.41, 5.74) is 7.82. The highest BCUT2D eigenvalue weighted by Gasteiger charge is 2.24. The van der Waals surface area contributed by atoms with Gasteiger partial charge in [0.25, 0.3) is 17.7 Å². The largest absolute Gasteiger partial charge is 0.366 e. The summed E-state index contributed by atoms with van der Waals surface area (Å²) in [4.78, 5) is 54.6. The minimum absolute atomic E-state index is 0.110. The number of amides is 3. The van der Waals surface area contributed by atoms with Crippen LogP contribution in [0, 0.1) is 11.3 Å². The molecule has 3 heterocycles. The Bertz CT molecular complexity index is 1550. The van der Waals surface area contributed by atoms with Gasteiger partial charge >= 0.3 is 0 Å². The van der Waals surface area contributed by atoms with Gasteiger partial charge in [-0.05, 0) is 49.2 Å². The van der Waals surface area contributed by atoms with Crippen molar-refractivity contribution in [3.05, 3.63) is 77.1 Å². The van der Waals surface area contributed by atoms with Gasteiger partial charge in [-0.25, -0.2) is 15.0 Å². The fourth-order valence-corrected chi connectivity index (χ4v) is 4.29. The van der Waals surface area contributed by atoms with Crippen LogP contribution in [0.2, 0.25) is 0 Å². The van der Waals surface area contributed by atoms with E-state index in [2.05, 4.69) is 30.6 Å². The number of aromatic nitrogens is 4. The number of nitrogens with zero attached hydrogens (tertiary/aromatic N) is 5. The zero-order valence-corrected chi connectivity index (χ0v) is 20.1. The van der Waals surface area contributed by atoms with Gasteiger partial charge in [0.1, 0.15) is 11.6 Å². The third-order valence-corrected chi connectivity index (χ3v) is 6.30. The predicted molar refractivity (Wildman–Crippen MR) is 138 cm³/mol. The molecular formula is C26H23N9O3. The number of nitrogens with two attached hydrogens (primary N) is 1. The molecule has 0 aliphatic carbocycles. The van der Waals surface area contributed by atoms with Crippen molar-refractivity contribution in [2.75, 3.05) is 23.7 Å². The van der Waals surface area contributed by atoms with E-state index in [0.717, 1.165) is 12.8 Å². The Morgan fingerprint density at radius 1 is 1.03 bits per heavy atom. The van der Waals surface area contributed by atoms with Crippen LogP contribution in [-0.2, 0) is 0 Å². The number of H-pyrrole nitrogens is 1. The van der Waals surface area contributed by atoms with E-state index in [1.807, 2.05) is 6.07 Å². The van der Waals surface area contributed by atoms with Crippen LogP contribution in [-0.4, -0.2) is 61.7 Å². The highest BCUT2D eigenvalue weighted by atomic mass is 16.2. The number of nitrogens with one attached hydrogen (secondary N) is 3. The first kappa shape index (κ1) is 24.4. The van der Waals surface area contributed by atoms with E-state index in [9.17, 15) is 14.4 Å². The van der Waals surface area contributed by atoms with E-state index in [0.29, 0.717) is 46.8 Å². The number of hydrogen-bond acceptors (Lipinski definition) is 8. The molecule has 0 atom stereocenters. The highest BCUT2D eigenvalue weighted by molar-refractivity contribution is 6.07. The van der Waals surface area contributed by atoms with Crippen LogP contribution in [0.4, 0.5) is 11.9 Å². The van der Waals surface area contributed by atoms with Crippen LogP contribution < -0.4 is 16.4 Å². The Morgan fingerprint density at radius 2 is 1.71 bits per heavy atom. The average molecular weight is 510 g/mol. The number of fused-ring (bicyclic) bond motifs is 1. The molecule has 1 saturated heterocycles. The van der Waals surface area contributed by atoms with E-state index in [-0.39, 0.29) is 23.5 Å². The number of carbonyl (C=O) groups is 3. The van der Waals surface area contributed by atoms with Gasteiger partial charge in [0.2, 0.25) is 11.9 Å². The van der Waals surface area contributed by atoms with Crippen LogP contribution >= 0.6 is 0 Å². The summed E-state index contributed by atoms with van der Waals surface area (Å²) >= 11 is 0. The number of aromatic amines is 1. The minimum Gasteiger partial charge on any atom is -0.366 e. The molecule has 12 nitrogen and oxygen atoms in total. The number of hydrogen-bond donors (Lipinski definition) is 4. The van der Waals surface area contributed by atoms with Gasteiger partial charge in [-0.1, -0.05) is 6.07 Å². The third kappa shape index (κ3) is 5.12. The Kier molecular flexibility index (Phi) is 6.65. The lowest BCUT2D eigenvalue weighted by molar-refractivity contribution is 0.0717. The van der Waals surface area contributed by atoms with E-state index in [4.69, 9.17) is 11.0 Å². The van der Waals surface area contributed by atoms with Gasteiger partial charge in [0, 0.05) is 30.3 Å². The molecular weight excluding hydrogens is 486 g/mol. The SMILES string of the molecule is N#Cc1cnc(NC2CCN(C(=O)c3ccc(C(=O)Nc4nc5c(C(N)=O)cccc5[nH]4)cc3)CC2)nc1. The molecule has 1 aliphatic heterocycles. The Morgan fingerprint density at radius 3 is 2.37 bits per heavy atom. The van der Waals surface area contributed by atoms with Gasteiger partial charge in [-0.3, -0.25) is 19.7 Å². The molecule has 0 spiro atoms. The topological polar surface area (TPSA) is 183 Å². The van der Waals surface area contributed by atoms with Gasteiger partial charge in [0.15, 0.2) is 0 Å². The lowest BCUT2D eigenvalue weighted by Gasteiger charge is -2.32. The maximum Gasteiger partial charge on any atom is 0.257 e. The van der Waals surface area contributed by atoms with Gasteiger partial charge in [0.05, 0.1) is 29.0 Å². The Balaban J connectivity index is 1.17. The molecule has 1 aliphatic rings. The zero-order valence-electron chi connectivity index (χ0n) is 20.1.